The Morgan fingerprint density at radius 1 is 0.980 bits per heavy atom. The number of aromatic carboxylic acids is 1. The second-order valence-electron chi connectivity index (χ2n) is 13.3. The molecular formula is C38H45N5O7. The number of hydrogen-bond acceptors (Lipinski definition) is 7. The number of primary amides is 1. The van der Waals surface area contributed by atoms with E-state index < -0.39 is 47.6 Å². The van der Waals surface area contributed by atoms with E-state index in [1.165, 1.54) is 13.2 Å². The average molecular weight is 684 g/mol. The van der Waals surface area contributed by atoms with Gasteiger partial charge in [0.1, 0.15) is 28.8 Å². The number of aromatic amines is 1. The number of ether oxygens (including phenoxy) is 2. The van der Waals surface area contributed by atoms with E-state index >= 15 is 0 Å². The van der Waals surface area contributed by atoms with Gasteiger partial charge in [0, 0.05) is 23.7 Å². The van der Waals surface area contributed by atoms with Crippen LogP contribution < -0.4 is 15.8 Å². The van der Waals surface area contributed by atoms with Crippen molar-refractivity contribution in [3.8, 4) is 17.0 Å². The predicted molar refractivity (Wildman–Crippen MR) is 189 cm³/mol. The van der Waals surface area contributed by atoms with Crippen LogP contribution in [0.25, 0.3) is 11.3 Å². The number of aromatic nitrogens is 2. The van der Waals surface area contributed by atoms with Gasteiger partial charge in [0.25, 0.3) is 0 Å². The Morgan fingerprint density at radius 3 is 2.18 bits per heavy atom. The van der Waals surface area contributed by atoms with Crippen LogP contribution in [0.3, 0.4) is 0 Å². The summed E-state index contributed by atoms with van der Waals surface area (Å²) >= 11 is 0. The highest BCUT2D eigenvalue weighted by Gasteiger charge is 2.36. The number of methoxy groups -OCH3 is 1. The number of aryl methyl sites for hydroxylation is 2. The lowest BCUT2D eigenvalue weighted by atomic mass is 9.92. The van der Waals surface area contributed by atoms with Crippen LogP contribution in [0.5, 0.6) is 5.75 Å². The zero-order valence-electron chi connectivity index (χ0n) is 29.7. The minimum Gasteiger partial charge on any atom is -0.496 e. The summed E-state index contributed by atoms with van der Waals surface area (Å²) in [6.07, 6.45) is 1.02. The molecule has 0 saturated carbocycles. The van der Waals surface area contributed by atoms with E-state index in [-0.39, 0.29) is 17.7 Å². The molecule has 1 heterocycles. The van der Waals surface area contributed by atoms with Gasteiger partial charge in [0.15, 0.2) is 0 Å². The van der Waals surface area contributed by atoms with Gasteiger partial charge in [-0.2, -0.15) is 0 Å². The Balaban J connectivity index is 1.85. The minimum absolute atomic E-state index is 0.0567. The predicted octanol–water partition coefficient (Wildman–Crippen LogP) is 6.29. The van der Waals surface area contributed by atoms with Crippen molar-refractivity contribution in [1.29, 1.82) is 0 Å². The molecule has 0 spiro atoms. The Kier molecular flexibility index (Phi) is 11.4. The molecule has 12 heteroatoms. The number of nitrogens with zero attached hydrogens (tertiary/aromatic N) is 2. The molecule has 0 radical (unpaired) electrons. The fraction of sp³-hybridized carbons (Fsp3) is 0.342. The highest BCUT2D eigenvalue weighted by atomic mass is 16.6. The van der Waals surface area contributed by atoms with Crippen molar-refractivity contribution < 1.29 is 33.8 Å². The van der Waals surface area contributed by atoms with E-state index in [4.69, 9.17) is 20.2 Å². The van der Waals surface area contributed by atoms with Crippen LogP contribution in [0, 0.1) is 13.8 Å². The summed E-state index contributed by atoms with van der Waals surface area (Å²) in [4.78, 5) is 62.0. The summed E-state index contributed by atoms with van der Waals surface area (Å²) in [5, 5.41) is 12.7. The van der Waals surface area contributed by atoms with E-state index in [1.54, 1.807) is 63.1 Å². The highest BCUT2D eigenvalue weighted by molar-refractivity contribution is 5.93. The lowest BCUT2D eigenvalue weighted by Crippen LogP contribution is -2.52. The quantitative estimate of drug-likeness (QED) is 0.135. The van der Waals surface area contributed by atoms with Crippen molar-refractivity contribution in [2.75, 3.05) is 7.11 Å². The number of alkyl carbamates (subject to hydrolysis) is 1. The van der Waals surface area contributed by atoms with Gasteiger partial charge in [-0.1, -0.05) is 36.4 Å². The van der Waals surface area contributed by atoms with Crippen LogP contribution in [0.4, 0.5) is 4.79 Å². The summed E-state index contributed by atoms with van der Waals surface area (Å²) < 4.78 is 10.9. The molecule has 3 aromatic carbocycles. The SMILES string of the molecule is COc1ccc(C(C)N(C(=O)C(Cc2c(C)cc(C(N)=O)cc2C)NC(=O)OC(C)(C)C)C(C)c2nc(-c3ccccc3)c[nH]2)cc1C(=O)O. The van der Waals surface area contributed by atoms with Crippen molar-refractivity contribution >= 4 is 23.9 Å². The second kappa shape index (κ2) is 15.3. The summed E-state index contributed by atoms with van der Waals surface area (Å²) in [7, 11) is 1.39. The number of carboxylic acid groups (broad SMARTS) is 1. The van der Waals surface area contributed by atoms with Gasteiger partial charge in [0.05, 0.1) is 24.9 Å². The number of carboxylic acids is 1. The summed E-state index contributed by atoms with van der Waals surface area (Å²) in [5.41, 5.74) is 9.23. The van der Waals surface area contributed by atoms with E-state index in [2.05, 4.69) is 10.3 Å². The molecule has 5 N–H and O–H groups in total. The highest BCUT2D eigenvalue weighted by Crippen LogP contribution is 2.34. The van der Waals surface area contributed by atoms with E-state index in [1.807, 2.05) is 51.1 Å². The number of H-pyrrole nitrogens is 1. The zero-order chi connectivity index (χ0) is 36.9. The molecule has 0 saturated heterocycles. The topological polar surface area (TPSA) is 177 Å². The van der Waals surface area contributed by atoms with Gasteiger partial charge in [-0.05, 0) is 95.0 Å². The van der Waals surface area contributed by atoms with Crippen LogP contribution in [-0.4, -0.2) is 62.6 Å². The first-order chi connectivity index (χ1) is 23.5. The number of rotatable bonds is 12. The van der Waals surface area contributed by atoms with E-state index in [0.29, 0.717) is 22.6 Å². The number of nitrogens with two attached hydrogens (primary N) is 1. The van der Waals surface area contributed by atoms with Crippen molar-refractivity contribution in [2.45, 2.75) is 78.6 Å². The Labute approximate surface area is 292 Å². The molecule has 50 heavy (non-hydrogen) atoms. The maximum absolute atomic E-state index is 15.0. The van der Waals surface area contributed by atoms with Crippen molar-refractivity contribution in [1.82, 2.24) is 20.2 Å². The maximum Gasteiger partial charge on any atom is 0.408 e. The molecule has 12 nitrogen and oxygen atoms in total. The molecule has 4 aromatic rings. The summed E-state index contributed by atoms with van der Waals surface area (Å²) in [5.74, 6) is -1.59. The fourth-order valence-electron chi connectivity index (χ4n) is 5.96. The normalized spacial score (nSPS) is 13.1. The number of hydrogen-bond donors (Lipinski definition) is 4. The first-order valence-corrected chi connectivity index (χ1v) is 16.2. The van der Waals surface area contributed by atoms with Crippen LogP contribution in [0.1, 0.15) is 95.5 Å². The molecule has 0 bridgehead atoms. The van der Waals surface area contributed by atoms with Crippen LogP contribution in [0.15, 0.2) is 66.9 Å². The number of amides is 3. The fourth-order valence-corrected chi connectivity index (χ4v) is 5.96. The van der Waals surface area contributed by atoms with Gasteiger partial charge in [0.2, 0.25) is 11.8 Å². The second-order valence-corrected chi connectivity index (χ2v) is 13.3. The number of imidazole rings is 1. The number of benzene rings is 3. The Bertz CT molecular complexity index is 1860. The zero-order valence-corrected chi connectivity index (χ0v) is 29.7. The first-order valence-electron chi connectivity index (χ1n) is 16.2. The molecule has 264 valence electrons. The maximum atomic E-state index is 15.0. The van der Waals surface area contributed by atoms with Crippen LogP contribution in [0.2, 0.25) is 0 Å². The Morgan fingerprint density at radius 2 is 1.62 bits per heavy atom. The molecule has 0 fully saturated rings. The Hall–Kier alpha value is -5.65. The lowest BCUT2D eigenvalue weighted by molar-refractivity contribution is -0.138. The van der Waals surface area contributed by atoms with Crippen LogP contribution >= 0.6 is 0 Å². The van der Waals surface area contributed by atoms with E-state index in [0.717, 1.165) is 22.3 Å². The number of carbonyl (C=O) groups is 4. The van der Waals surface area contributed by atoms with Gasteiger partial charge in [-0.3, -0.25) is 9.59 Å². The average Bonchev–Trinajstić information content (AvgIpc) is 3.55. The molecule has 0 aliphatic carbocycles. The molecule has 3 atom stereocenters. The van der Waals surface area contributed by atoms with Crippen molar-refractivity contribution in [3.63, 3.8) is 0 Å². The van der Waals surface area contributed by atoms with Gasteiger partial charge >= 0.3 is 12.1 Å². The first kappa shape index (κ1) is 37.2. The van der Waals surface area contributed by atoms with Crippen molar-refractivity contribution in [3.05, 3.63) is 106 Å². The third kappa shape index (κ3) is 8.68. The molecule has 3 amide bonds. The molecular weight excluding hydrogens is 638 g/mol. The van der Waals surface area contributed by atoms with E-state index in [9.17, 15) is 24.3 Å². The lowest BCUT2D eigenvalue weighted by Gasteiger charge is -2.37. The smallest absolute Gasteiger partial charge is 0.408 e. The standard InChI is InChI=1S/C38H45N5O7/c1-21-16-27(33(39)44)17-22(2)28(21)19-30(42-37(48)50-38(5,6)7)35(45)43(23(3)26-14-15-32(49-8)29(18-26)36(46)47)24(4)34-40-20-31(41-34)25-12-10-9-11-13-25/h9-18,20,23-24,30H,19H2,1-8H3,(H2,39,44)(H,40,41)(H,42,48)(H,46,47). The third-order valence-corrected chi connectivity index (χ3v) is 8.47. The third-order valence-electron chi connectivity index (χ3n) is 8.47. The molecule has 1 aromatic heterocycles. The van der Waals surface area contributed by atoms with Gasteiger partial charge < -0.3 is 35.5 Å². The largest absolute Gasteiger partial charge is 0.496 e. The monoisotopic (exact) mass is 683 g/mol. The van der Waals surface area contributed by atoms with Crippen LogP contribution in [-0.2, 0) is 16.0 Å². The molecule has 4 rings (SSSR count). The van der Waals surface area contributed by atoms with Crippen molar-refractivity contribution in [2.24, 2.45) is 5.73 Å². The molecule has 0 aliphatic heterocycles. The molecule has 3 unspecified atom stereocenters. The number of nitrogens with one attached hydrogen (secondary N) is 2. The van der Waals surface area contributed by atoms with Gasteiger partial charge in [-0.25, -0.2) is 14.6 Å². The summed E-state index contributed by atoms with van der Waals surface area (Å²) in [6.45, 7) is 12.4. The molecule has 0 aliphatic rings. The minimum atomic E-state index is -1.19. The summed E-state index contributed by atoms with van der Waals surface area (Å²) in [6, 6.07) is 15.1. The van der Waals surface area contributed by atoms with Gasteiger partial charge in [-0.15, -0.1) is 0 Å². The number of carbonyl (C=O) groups excluding carboxylic acids is 3.